The first-order valence-corrected chi connectivity index (χ1v) is 3.40. The first-order valence-electron chi connectivity index (χ1n) is 3.40. The van der Waals surface area contributed by atoms with Crippen LogP contribution in [-0.2, 0) is 0 Å². The predicted octanol–water partition coefficient (Wildman–Crippen LogP) is 2.76. The Hall–Kier alpha value is -1.71. The molecule has 4 heteroatoms. The summed E-state index contributed by atoms with van der Waals surface area (Å²) in [5.41, 5.74) is 1.49. The lowest BCUT2D eigenvalue weighted by atomic mass is 10.2. The van der Waals surface area contributed by atoms with E-state index < -0.39 is 6.09 Å². The molecule has 4 nitrogen and oxygen atoms in total. The van der Waals surface area contributed by atoms with Crippen LogP contribution in [-0.4, -0.2) is 11.2 Å². The quantitative estimate of drug-likeness (QED) is 0.648. The molecule has 12 heavy (non-hydrogen) atoms. The fraction of sp³-hybridized carbons (Fsp3) is 0.125. The van der Waals surface area contributed by atoms with Crippen molar-refractivity contribution in [2.24, 2.45) is 10.2 Å². The number of nitrogens with zero attached hydrogens (tertiary/aromatic N) is 2. The van der Waals surface area contributed by atoms with Gasteiger partial charge in [-0.3, -0.25) is 0 Å². The minimum absolute atomic E-state index is 0.583. The SMILES string of the molecule is Cc1ccccc1/N=N/C(=O)O. The van der Waals surface area contributed by atoms with Crippen molar-refractivity contribution in [3.63, 3.8) is 0 Å². The number of benzene rings is 1. The van der Waals surface area contributed by atoms with Crippen LogP contribution in [0.15, 0.2) is 34.5 Å². The summed E-state index contributed by atoms with van der Waals surface area (Å²) in [6.07, 6.45) is -1.28. The molecule has 1 amide bonds. The lowest BCUT2D eigenvalue weighted by molar-refractivity contribution is 0.204. The van der Waals surface area contributed by atoms with Crippen molar-refractivity contribution in [2.45, 2.75) is 6.92 Å². The molecule has 0 atom stereocenters. The molecule has 1 N–H and O–H groups in total. The molecule has 0 spiro atoms. The lowest BCUT2D eigenvalue weighted by Crippen LogP contribution is -1.81. The van der Waals surface area contributed by atoms with E-state index in [1.807, 2.05) is 19.1 Å². The van der Waals surface area contributed by atoms with Crippen LogP contribution in [0, 0.1) is 6.92 Å². The van der Waals surface area contributed by atoms with Crippen molar-refractivity contribution in [2.75, 3.05) is 0 Å². The van der Waals surface area contributed by atoms with E-state index in [9.17, 15) is 4.79 Å². The molecule has 1 aromatic carbocycles. The summed E-state index contributed by atoms with van der Waals surface area (Å²) in [7, 11) is 0. The molecular weight excluding hydrogens is 156 g/mol. The molecule has 0 unspecified atom stereocenters. The second-order valence-electron chi connectivity index (χ2n) is 2.27. The third kappa shape index (κ3) is 2.16. The van der Waals surface area contributed by atoms with Crippen molar-refractivity contribution in [3.8, 4) is 0 Å². The van der Waals surface area contributed by atoms with Gasteiger partial charge in [0.1, 0.15) is 0 Å². The topological polar surface area (TPSA) is 62.0 Å². The molecule has 0 bridgehead atoms. The Balaban J connectivity index is 2.89. The van der Waals surface area contributed by atoms with Gasteiger partial charge in [0, 0.05) is 0 Å². The zero-order valence-electron chi connectivity index (χ0n) is 6.56. The van der Waals surface area contributed by atoms with Crippen molar-refractivity contribution < 1.29 is 9.90 Å². The monoisotopic (exact) mass is 164 g/mol. The molecule has 0 aliphatic rings. The number of amides is 1. The summed E-state index contributed by atoms with van der Waals surface area (Å²) in [5.74, 6) is 0. The standard InChI is InChI=1S/C8H8N2O2/c1-6-4-2-3-5-7(6)9-10-8(11)12/h2-5H,1H3,(H,11,12)/b10-9+. The van der Waals surface area contributed by atoms with Crippen molar-refractivity contribution in [1.82, 2.24) is 0 Å². The highest BCUT2D eigenvalue weighted by atomic mass is 16.4. The van der Waals surface area contributed by atoms with Gasteiger partial charge in [-0.15, -0.1) is 5.11 Å². The summed E-state index contributed by atoms with van der Waals surface area (Å²) < 4.78 is 0. The summed E-state index contributed by atoms with van der Waals surface area (Å²) in [6.45, 7) is 1.84. The van der Waals surface area contributed by atoms with Crippen LogP contribution in [0.3, 0.4) is 0 Å². The molecule has 1 rings (SSSR count). The van der Waals surface area contributed by atoms with Crippen LogP contribution < -0.4 is 0 Å². The number of carboxylic acid groups (broad SMARTS) is 1. The largest absolute Gasteiger partial charge is 0.462 e. The van der Waals surface area contributed by atoms with Crippen molar-refractivity contribution in [1.29, 1.82) is 0 Å². The molecule has 0 radical (unpaired) electrons. The number of rotatable bonds is 1. The van der Waals surface area contributed by atoms with Crippen LogP contribution >= 0.6 is 0 Å². The number of aryl methyl sites for hydroxylation is 1. The third-order valence-electron chi connectivity index (χ3n) is 1.36. The fourth-order valence-electron chi connectivity index (χ4n) is 0.772. The van der Waals surface area contributed by atoms with Gasteiger partial charge in [0.2, 0.25) is 0 Å². The molecule has 62 valence electrons. The predicted molar refractivity (Wildman–Crippen MR) is 43.7 cm³/mol. The van der Waals surface area contributed by atoms with Gasteiger partial charge < -0.3 is 5.11 Å². The first kappa shape index (κ1) is 8.39. The average Bonchev–Trinajstić information content (AvgIpc) is 2.03. The summed E-state index contributed by atoms with van der Waals surface area (Å²) >= 11 is 0. The van der Waals surface area contributed by atoms with E-state index in [0.717, 1.165) is 5.56 Å². The third-order valence-corrected chi connectivity index (χ3v) is 1.36. The molecule has 0 saturated heterocycles. The Labute approximate surface area is 69.6 Å². The molecule has 0 heterocycles. The molecule has 0 fully saturated rings. The second kappa shape index (κ2) is 3.61. The van der Waals surface area contributed by atoms with Gasteiger partial charge in [0.25, 0.3) is 0 Å². The van der Waals surface area contributed by atoms with Gasteiger partial charge in [0.05, 0.1) is 5.69 Å². The Morgan fingerprint density at radius 2 is 2.08 bits per heavy atom. The molecule has 0 aromatic heterocycles. The van der Waals surface area contributed by atoms with Crippen molar-refractivity contribution >= 4 is 11.8 Å². The Bertz CT molecular complexity index is 321. The van der Waals surface area contributed by atoms with Gasteiger partial charge >= 0.3 is 6.09 Å². The van der Waals surface area contributed by atoms with Crippen LogP contribution in [0.25, 0.3) is 0 Å². The summed E-state index contributed by atoms with van der Waals surface area (Å²) in [4.78, 5) is 10.0. The van der Waals surface area contributed by atoms with E-state index in [1.54, 1.807) is 12.1 Å². The van der Waals surface area contributed by atoms with Crippen molar-refractivity contribution in [3.05, 3.63) is 29.8 Å². The van der Waals surface area contributed by atoms with E-state index in [4.69, 9.17) is 5.11 Å². The smallest absolute Gasteiger partial charge is 0.449 e. The Morgan fingerprint density at radius 1 is 1.42 bits per heavy atom. The molecule has 0 saturated carbocycles. The van der Waals surface area contributed by atoms with Gasteiger partial charge in [-0.1, -0.05) is 23.3 Å². The Kier molecular flexibility index (Phi) is 2.53. The number of hydrogen-bond acceptors (Lipinski definition) is 2. The highest BCUT2D eigenvalue weighted by Gasteiger charge is 1.94. The van der Waals surface area contributed by atoms with Crippen LogP contribution in [0.4, 0.5) is 10.5 Å². The fourth-order valence-corrected chi connectivity index (χ4v) is 0.772. The van der Waals surface area contributed by atoms with E-state index in [2.05, 4.69) is 10.2 Å². The van der Waals surface area contributed by atoms with Gasteiger partial charge in [-0.05, 0) is 18.6 Å². The van der Waals surface area contributed by atoms with Crippen LogP contribution in [0.5, 0.6) is 0 Å². The zero-order chi connectivity index (χ0) is 8.97. The van der Waals surface area contributed by atoms with Gasteiger partial charge in [-0.2, -0.15) is 0 Å². The minimum Gasteiger partial charge on any atom is -0.462 e. The number of carbonyl (C=O) groups is 1. The van der Waals surface area contributed by atoms with E-state index >= 15 is 0 Å². The molecule has 0 aliphatic heterocycles. The van der Waals surface area contributed by atoms with Gasteiger partial charge in [-0.25, -0.2) is 4.79 Å². The minimum atomic E-state index is -1.28. The van der Waals surface area contributed by atoms with Crippen LogP contribution in [0.1, 0.15) is 5.56 Å². The maximum atomic E-state index is 10.0. The van der Waals surface area contributed by atoms with Crippen LogP contribution in [0.2, 0.25) is 0 Å². The van der Waals surface area contributed by atoms with Gasteiger partial charge in [0.15, 0.2) is 0 Å². The summed E-state index contributed by atoms with van der Waals surface area (Å²) in [5, 5.41) is 14.7. The maximum Gasteiger partial charge on any atom is 0.449 e. The molecular formula is C8H8N2O2. The highest BCUT2D eigenvalue weighted by Crippen LogP contribution is 2.16. The Morgan fingerprint density at radius 3 is 2.67 bits per heavy atom. The number of hydrogen-bond donors (Lipinski definition) is 1. The summed E-state index contributed by atoms with van der Waals surface area (Å²) in [6, 6.07) is 7.19. The van der Waals surface area contributed by atoms with E-state index in [1.165, 1.54) is 0 Å². The molecule has 0 aliphatic carbocycles. The molecule has 1 aromatic rings. The zero-order valence-corrected chi connectivity index (χ0v) is 6.56. The first-order chi connectivity index (χ1) is 5.70. The lowest BCUT2D eigenvalue weighted by Gasteiger charge is -1.94. The van der Waals surface area contributed by atoms with E-state index in [-0.39, 0.29) is 0 Å². The maximum absolute atomic E-state index is 10.0. The average molecular weight is 164 g/mol. The highest BCUT2D eigenvalue weighted by molar-refractivity contribution is 5.65. The number of azo groups is 1. The normalized spacial score (nSPS) is 10.4. The van der Waals surface area contributed by atoms with E-state index in [0.29, 0.717) is 5.69 Å². The second-order valence-corrected chi connectivity index (χ2v) is 2.27.